The van der Waals surface area contributed by atoms with Gasteiger partial charge in [-0.3, -0.25) is 4.79 Å². The number of Topliss-reactive ketones (excluding diaryl/α,β-unsaturated/α-hetero) is 1. The summed E-state index contributed by atoms with van der Waals surface area (Å²) in [4.78, 5) is 11.8. The number of ketones is 1. The van der Waals surface area contributed by atoms with Gasteiger partial charge in [0.05, 0.1) is 0 Å². The Bertz CT molecular complexity index is 375. The zero-order valence-corrected chi connectivity index (χ0v) is 9.01. The fourth-order valence-corrected chi connectivity index (χ4v) is 2.31. The second-order valence-electron chi connectivity index (χ2n) is 4.40. The molecule has 0 radical (unpaired) electrons. The van der Waals surface area contributed by atoms with Gasteiger partial charge in [0.25, 0.3) is 0 Å². The highest BCUT2D eigenvalue weighted by atomic mass is 19.1. The molecule has 0 heterocycles. The monoisotopic (exact) mass is 224 g/mol. The molecule has 0 amide bonds. The average molecular weight is 224 g/mol. The molecule has 2 rings (SSSR count). The van der Waals surface area contributed by atoms with Gasteiger partial charge < -0.3 is 0 Å². The first-order chi connectivity index (χ1) is 7.65. The van der Waals surface area contributed by atoms with Crippen LogP contribution in [0.15, 0.2) is 18.2 Å². The first kappa shape index (κ1) is 11.2. The van der Waals surface area contributed by atoms with Crippen LogP contribution in [-0.2, 0) is 11.2 Å². The van der Waals surface area contributed by atoms with Crippen molar-refractivity contribution in [2.24, 2.45) is 5.92 Å². The van der Waals surface area contributed by atoms with Crippen molar-refractivity contribution in [1.29, 1.82) is 0 Å². The molecule has 0 spiro atoms. The van der Waals surface area contributed by atoms with Crippen LogP contribution in [0.3, 0.4) is 0 Å². The summed E-state index contributed by atoms with van der Waals surface area (Å²) in [6.07, 6.45) is 4.19. The van der Waals surface area contributed by atoms with Gasteiger partial charge in [0.1, 0.15) is 17.4 Å². The number of hydrogen-bond acceptors (Lipinski definition) is 1. The highest BCUT2D eigenvalue weighted by Gasteiger charge is 2.22. The van der Waals surface area contributed by atoms with E-state index in [1.807, 2.05) is 0 Å². The molecule has 1 aromatic rings. The van der Waals surface area contributed by atoms with Crippen LogP contribution in [0.5, 0.6) is 0 Å². The van der Waals surface area contributed by atoms with Gasteiger partial charge in [-0.15, -0.1) is 0 Å². The second kappa shape index (κ2) is 4.73. The molecule has 1 aromatic carbocycles. The van der Waals surface area contributed by atoms with E-state index < -0.39 is 11.6 Å². The zero-order valence-electron chi connectivity index (χ0n) is 9.01. The fraction of sp³-hybridized carbons (Fsp3) is 0.462. The van der Waals surface area contributed by atoms with E-state index >= 15 is 0 Å². The molecule has 0 N–H and O–H groups in total. The minimum Gasteiger partial charge on any atom is -0.299 e. The third kappa shape index (κ3) is 2.65. The van der Waals surface area contributed by atoms with E-state index in [-0.39, 0.29) is 18.1 Å². The summed E-state index contributed by atoms with van der Waals surface area (Å²) < 4.78 is 25.8. The lowest BCUT2D eigenvalue weighted by Gasteiger charge is -2.07. The minimum absolute atomic E-state index is 0.103. The number of benzene rings is 1. The van der Waals surface area contributed by atoms with Crippen LogP contribution in [0.4, 0.5) is 8.78 Å². The topological polar surface area (TPSA) is 17.1 Å². The second-order valence-corrected chi connectivity index (χ2v) is 4.40. The van der Waals surface area contributed by atoms with Gasteiger partial charge in [-0.2, -0.15) is 0 Å². The Morgan fingerprint density at radius 1 is 1.12 bits per heavy atom. The van der Waals surface area contributed by atoms with Crippen LogP contribution in [-0.4, -0.2) is 5.78 Å². The van der Waals surface area contributed by atoms with E-state index in [0.717, 1.165) is 31.7 Å². The first-order valence-corrected chi connectivity index (χ1v) is 5.63. The molecular formula is C13H14F2O. The van der Waals surface area contributed by atoms with Crippen molar-refractivity contribution in [3.63, 3.8) is 0 Å². The van der Waals surface area contributed by atoms with Crippen molar-refractivity contribution in [2.75, 3.05) is 0 Å². The number of carbonyl (C=O) groups excluding carboxylic acids is 1. The summed E-state index contributed by atoms with van der Waals surface area (Å²) in [6.45, 7) is 0. The third-order valence-electron chi connectivity index (χ3n) is 3.11. The SMILES string of the molecule is O=C(Cc1cc(F)cc(F)c1)C1CCCC1. The van der Waals surface area contributed by atoms with Gasteiger partial charge in [-0.25, -0.2) is 8.78 Å². The van der Waals surface area contributed by atoms with Crippen molar-refractivity contribution in [1.82, 2.24) is 0 Å². The van der Waals surface area contributed by atoms with E-state index in [1.165, 1.54) is 12.1 Å². The molecular weight excluding hydrogens is 210 g/mol. The van der Waals surface area contributed by atoms with Gasteiger partial charge in [0, 0.05) is 18.4 Å². The van der Waals surface area contributed by atoms with Crippen molar-refractivity contribution in [3.8, 4) is 0 Å². The van der Waals surface area contributed by atoms with E-state index in [9.17, 15) is 13.6 Å². The van der Waals surface area contributed by atoms with E-state index in [2.05, 4.69) is 0 Å². The minimum atomic E-state index is -0.616. The molecule has 0 aliphatic heterocycles. The smallest absolute Gasteiger partial charge is 0.140 e. The van der Waals surface area contributed by atoms with Crippen LogP contribution < -0.4 is 0 Å². The molecule has 0 aromatic heterocycles. The van der Waals surface area contributed by atoms with Crippen LogP contribution in [0, 0.1) is 17.6 Å². The third-order valence-corrected chi connectivity index (χ3v) is 3.11. The van der Waals surface area contributed by atoms with Crippen molar-refractivity contribution >= 4 is 5.78 Å². The Labute approximate surface area is 93.5 Å². The quantitative estimate of drug-likeness (QED) is 0.770. The Kier molecular flexibility index (Phi) is 3.32. The lowest BCUT2D eigenvalue weighted by Crippen LogP contribution is -2.13. The largest absolute Gasteiger partial charge is 0.299 e. The van der Waals surface area contributed by atoms with Gasteiger partial charge in [0.15, 0.2) is 0 Å². The van der Waals surface area contributed by atoms with Crippen molar-refractivity contribution < 1.29 is 13.6 Å². The molecule has 1 fully saturated rings. The Morgan fingerprint density at radius 3 is 2.25 bits per heavy atom. The summed E-state index contributed by atoms with van der Waals surface area (Å²) in [7, 11) is 0. The Morgan fingerprint density at radius 2 is 1.69 bits per heavy atom. The summed E-state index contributed by atoms with van der Waals surface area (Å²) in [6, 6.07) is 3.29. The molecule has 1 aliphatic carbocycles. The summed E-state index contributed by atoms with van der Waals surface area (Å²) >= 11 is 0. The van der Waals surface area contributed by atoms with Crippen molar-refractivity contribution in [2.45, 2.75) is 32.1 Å². The molecule has 1 nitrogen and oxygen atoms in total. The molecule has 16 heavy (non-hydrogen) atoms. The predicted octanol–water partition coefficient (Wildman–Crippen LogP) is 3.27. The van der Waals surface area contributed by atoms with Gasteiger partial charge >= 0.3 is 0 Å². The highest BCUT2D eigenvalue weighted by molar-refractivity contribution is 5.83. The normalized spacial score (nSPS) is 16.6. The van der Waals surface area contributed by atoms with Crippen LogP contribution in [0.1, 0.15) is 31.2 Å². The van der Waals surface area contributed by atoms with Crippen LogP contribution in [0.25, 0.3) is 0 Å². The van der Waals surface area contributed by atoms with E-state index in [1.54, 1.807) is 0 Å². The molecule has 0 unspecified atom stereocenters. The molecule has 1 saturated carbocycles. The zero-order chi connectivity index (χ0) is 11.5. The van der Waals surface area contributed by atoms with E-state index in [0.29, 0.717) is 5.56 Å². The summed E-state index contributed by atoms with van der Waals surface area (Å²) in [5.74, 6) is -1.02. The van der Waals surface area contributed by atoms with Gasteiger partial charge in [-0.05, 0) is 30.5 Å². The lowest BCUT2D eigenvalue weighted by molar-refractivity contribution is -0.122. The summed E-state index contributed by atoms with van der Waals surface area (Å²) in [5, 5.41) is 0. The molecule has 0 atom stereocenters. The van der Waals surface area contributed by atoms with Crippen LogP contribution in [0.2, 0.25) is 0 Å². The number of rotatable bonds is 3. The van der Waals surface area contributed by atoms with E-state index in [4.69, 9.17) is 0 Å². The lowest BCUT2D eigenvalue weighted by atomic mass is 9.96. The maximum Gasteiger partial charge on any atom is 0.140 e. The number of carbonyl (C=O) groups is 1. The number of halogens is 2. The fourth-order valence-electron chi connectivity index (χ4n) is 2.31. The Hall–Kier alpha value is -1.25. The van der Waals surface area contributed by atoms with Gasteiger partial charge in [-0.1, -0.05) is 12.8 Å². The highest BCUT2D eigenvalue weighted by Crippen LogP contribution is 2.26. The van der Waals surface area contributed by atoms with Crippen LogP contribution >= 0.6 is 0 Å². The average Bonchev–Trinajstić information content (AvgIpc) is 2.68. The molecule has 86 valence electrons. The first-order valence-electron chi connectivity index (χ1n) is 5.63. The van der Waals surface area contributed by atoms with Crippen molar-refractivity contribution in [3.05, 3.63) is 35.4 Å². The Balaban J connectivity index is 2.05. The number of hydrogen-bond donors (Lipinski definition) is 0. The standard InChI is InChI=1S/C13H14F2O/c14-11-5-9(6-12(15)8-11)7-13(16)10-3-1-2-4-10/h5-6,8,10H,1-4,7H2. The summed E-state index contributed by atoms with van der Waals surface area (Å²) in [5.41, 5.74) is 0.439. The van der Waals surface area contributed by atoms with Gasteiger partial charge in [0.2, 0.25) is 0 Å². The molecule has 1 aliphatic rings. The molecule has 0 bridgehead atoms. The molecule has 0 saturated heterocycles. The maximum atomic E-state index is 12.9. The predicted molar refractivity (Wildman–Crippen MR) is 57.0 cm³/mol. The maximum absolute atomic E-state index is 12.9. The molecule has 3 heteroatoms.